The monoisotopic (exact) mass is 308 g/mol. The van der Waals surface area contributed by atoms with Gasteiger partial charge >= 0.3 is 5.97 Å². The van der Waals surface area contributed by atoms with Gasteiger partial charge in [-0.2, -0.15) is 0 Å². The van der Waals surface area contributed by atoms with Crippen molar-refractivity contribution in [2.45, 2.75) is 25.4 Å². The average Bonchev–Trinajstić information content (AvgIpc) is 2.93. The molecule has 1 aliphatic heterocycles. The Balaban J connectivity index is 2.21. The number of nitro benzene ring substituents is 1. The summed E-state index contributed by atoms with van der Waals surface area (Å²) in [5.74, 6) is -0.691. The fourth-order valence-electron chi connectivity index (χ4n) is 2.83. The number of carbonyl (C=O) groups excluding carboxylic acids is 1. The number of ether oxygens (including phenoxy) is 2. The number of hydrogen-bond donors (Lipinski definition) is 0. The predicted octanol–water partition coefficient (Wildman–Crippen LogP) is 1.99. The molecule has 1 atom stereocenters. The standard InChI is InChI=1S/C15H20N2O5/c1-21-10-12-4-3-7-16(12)9-11-5-6-14(17(19)20)13(8-11)15(18)22-2/h5-6,8,12H,3-4,7,9-10H2,1-2H3/t12-/m1/s1. The third-order valence-corrected chi connectivity index (χ3v) is 3.91. The van der Waals surface area contributed by atoms with E-state index in [9.17, 15) is 14.9 Å². The van der Waals surface area contributed by atoms with Crippen LogP contribution >= 0.6 is 0 Å². The highest BCUT2D eigenvalue weighted by atomic mass is 16.6. The lowest BCUT2D eigenvalue weighted by molar-refractivity contribution is -0.385. The lowest BCUT2D eigenvalue weighted by atomic mass is 10.1. The van der Waals surface area contributed by atoms with Gasteiger partial charge in [-0.25, -0.2) is 4.79 Å². The molecular weight excluding hydrogens is 288 g/mol. The highest BCUT2D eigenvalue weighted by molar-refractivity contribution is 5.94. The second-order valence-corrected chi connectivity index (χ2v) is 5.32. The first-order valence-electron chi connectivity index (χ1n) is 7.15. The van der Waals surface area contributed by atoms with Crippen LogP contribution in [0.25, 0.3) is 0 Å². The van der Waals surface area contributed by atoms with E-state index in [0.717, 1.165) is 24.9 Å². The third-order valence-electron chi connectivity index (χ3n) is 3.91. The Morgan fingerprint density at radius 3 is 2.86 bits per heavy atom. The molecule has 0 saturated carbocycles. The summed E-state index contributed by atoms with van der Waals surface area (Å²) in [7, 11) is 2.89. The van der Waals surface area contributed by atoms with E-state index in [-0.39, 0.29) is 11.3 Å². The number of benzene rings is 1. The fourth-order valence-corrected chi connectivity index (χ4v) is 2.83. The van der Waals surface area contributed by atoms with Crippen molar-refractivity contribution < 1.29 is 19.2 Å². The topological polar surface area (TPSA) is 81.9 Å². The molecule has 0 spiro atoms. The summed E-state index contributed by atoms with van der Waals surface area (Å²) in [6, 6.07) is 4.95. The van der Waals surface area contributed by atoms with Gasteiger partial charge < -0.3 is 9.47 Å². The van der Waals surface area contributed by atoms with Gasteiger partial charge in [0, 0.05) is 25.8 Å². The average molecular weight is 308 g/mol. The minimum Gasteiger partial charge on any atom is -0.465 e. The Labute approximate surface area is 129 Å². The Morgan fingerprint density at radius 1 is 1.45 bits per heavy atom. The van der Waals surface area contributed by atoms with Crippen LogP contribution in [0.3, 0.4) is 0 Å². The molecule has 0 unspecified atom stereocenters. The zero-order valence-electron chi connectivity index (χ0n) is 12.8. The number of methoxy groups -OCH3 is 2. The largest absolute Gasteiger partial charge is 0.465 e. The Kier molecular flexibility index (Phi) is 5.46. The van der Waals surface area contributed by atoms with Gasteiger partial charge in [0.1, 0.15) is 5.56 Å². The molecule has 7 nitrogen and oxygen atoms in total. The summed E-state index contributed by atoms with van der Waals surface area (Å²) in [5.41, 5.74) is 0.618. The van der Waals surface area contributed by atoms with Gasteiger partial charge in [-0.15, -0.1) is 0 Å². The molecule has 1 heterocycles. The SMILES string of the molecule is COC[C@H]1CCCN1Cc1ccc([N+](=O)[O-])c(C(=O)OC)c1. The van der Waals surface area contributed by atoms with Gasteiger partial charge in [0.2, 0.25) is 0 Å². The van der Waals surface area contributed by atoms with Gasteiger partial charge in [-0.3, -0.25) is 15.0 Å². The Hall–Kier alpha value is -1.99. The van der Waals surface area contributed by atoms with Crippen LogP contribution in [-0.2, 0) is 16.0 Å². The van der Waals surface area contributed by atoms with Crippen LogP contribution in [0.5, 0.6) is 0 Å². The number of carbonyl (C=O) groups is 1. The minimum absolute atomic E-state index is 0.00696. The van der Waals surface area contributed by atoms with Crippen LogP contribution in [0.1, 0.15) is 28.8 Å². The summed E-state index contributed by atoms with van der Waals surface area (Å²) in [6.45, 7) is 2.26. The first-order valence-corrected chi connectivity index (χ1v) is 7.15. The van der Waals surface area contributed by atoms with Crippen LogP contribution in [0.15, 0.2) is 18.2 Å². The van der Waals surface area contributed by atoms with Crippen molar-refractivity contribution in [1.29, 1.82) is 0 Å². The zero-order valence-corrected chi connectivity index (χ0v) is 12.8. The summed E-state index contributed by atoms with van der Waals surface area (Å²) in [4.78, 5) is 24.4. The maximum Gasteiger partial charge on any atom is 0.344 e. The molecule has 0 aliphatic carbocycles. The third kappa shape index (κ3) is 3.61. The molecule has 1 saturated heterocycles. The van der Waals surface area contributed by atoms with Gasteiger partial charge in [0.25, 0.3) is 5.69 Å². The molecule has 1 aromatic rings. The van der Waals surface area contributed by atoms with Crippen LogP contribution in [0.4, 0.5) is 5.69 Å². The van der Waals surface area contributed by atoms with Crippen molar-refractivity contribution in [3.8, 4) is 0 Å². The fraction of sp³-hybridized carbons (Fsp3) is 0.533. The summed E-state index contributed by atoms with van der Waals surface area (Å²) in [5, 5.41) is 11.0. The van der Waals surface area contributed by atoms with Crippen molar-refractivity contribution in [2.75, 3.05) is 27.4 Å². The zero-order chi connectivity index (χ0) is 16.1. The normalized spacial score (nSPS) is 18.4. The van der Waals surface area contributed by atoms with Crippen LogP contribution in [0.2, 0.25) is 0 Å². The number of rotatable bonds is 6. The van der Waals surface area contributed by atoms with Gasteiger partial charge in [0.15, 0.2) is 0 Å². The van der Waals surface area contributed by atoms with Crippen LogP contribution < -0.4 is 0 Å². The number of nitrogens with zero attached hydrogens (tertiary/aromatic N) is 2. The number of likely N-dealkylation sites (tertiary alicyclic amines) is 1. The molecule has 1 aliphatic rings. The van der Waals surface area contributed by atoms with Gasteiger partial charge in [0.05, 0.1) is 18.6 Å². The van der Waals surface area contributed by atoms with Crippen molar-refractivity contribution in [3.63, 3.8) is 0 Å². The first kappa shape index (κ1) is 16.4. The molecule has 0 amide bonds. The van der Waals surface area contributed by atoms with E-state index in [0.29, 0.717) is 19.2 Å². The highest BCUT2D eigenvalue weighted by Gasteiger charge is 2.26. The van der Waals surface area contributed by atoms with Gasteiger partial charge in [-0.1, -0.05) is 6.07 Å². The molecule has 120 valence electrons. The first-order chi connectivity index (χ1) is 10.6. The Morgan fingerprint density at radius 2 is 2.23 bits per heavy atom. The van der Waals surface area contributed by atoms with E-state index in [2.05, 4.69) is 9.64 Å². The second kappa shape index (κ2) is 7.33. The van der Waals surface area contributed by atoms with Gasteiger partial charge in [-0.05, 0) is 31.0 Å². The maximum absolute atomic E-state index is 11.7. The molecule has 0 N–H and O–H groups in total. The second-order valence-electron chi connectivity index (χ2n) is 5.32. The van der Waals surface area contributed by atoms with E-state index >= 15 is 0 Å². The molecular formula is C15H20N2O5. The van der Waals surface area contributed by atoms with Crippen LogP contribution in [-0.4, -0.2) is 49.2 Å². The predicted molar refractivity (Wildman–Crippen MR) is 79.7 cm³/mol. The summed E-state index contributed by atoms with van der Waals surface area (Å²) >= 11 is 0. The van der Waals surface area contributed by atoms with E-state index in [4.69, 9.17) is 4.74 Å². The highest BCUT2D eigenvalue weighted by Crippen LogP contribution is 2.24. The number of nitro groups is 1. The molecule has 22 heavy (non-hydrogen) atoms. The van der Waals surface area contributed by atoms with Crippen molar-refractivity contribution >= 4 is 11.7 Å². The summed E-state index contributed by atoms with van der Waals surface area (Å²) in [6.07, 6.45) is 2.18. The van der Waals surface area contributed by atoms with Crippen molar-refractivity contribution in [3.05, 3.63) is 39.4 Å². The quantitative estimate of drug-likeness (QED) is 0.454. The minimum atomic E-state index is -0.691. The van der Waals surface area contributed by atoms with E-state index in [1.54, 1.807) is 19.2 Å². The molecule has 0 aromatic heterocycles. The van der Waals surface area contributed by atoms with E-state index in [1.807, 2.05) is 0 Å². The molecule has 2 rings (SSSR count). The van der Waals surface area contributed by atoms with Crippen molar-refractivity contribution in [2.24, 2.45) is 0 Å². The lowest BCUT2D eigenvalue weighted by Gasteiger charge is -2.23. The smallest absolute Gasteiger partial charge is 0.344 e. The van der Waals surface area contributed by atoms with Crippen molar-refractivity contribution in [1.82, 2.24) is 4.90 Å². The van der Waals surface area contributed by atoms with E-state index in [1.165, 1.54) is 13.2 Å². The molecule has 7 heteroatoms. The molecule has 0 radical (unpaired) electrons. The number of esters is 1. The van der Waals surface area contributed by atoms with Crippen LogP contribution in [0, 0.1) is 10.1 Å². The molecule has 0 bridgehead atoms. The van der Waals surface area contributed by atoms with E-state index < -0.39 is 10.9 Å². The summed E-state index contributed by atoms with van der Waals surface area (Å²) < 4.78 is 9.85. The Bertz CT molecular complexity index is 561. The lowest BCUT2D eigenvalue weighted by Crippen LogP contribution is -2.32. The molecule has 1 aromatic carbocycles. The number of hydrogen-bond acceptors (Lipinski definition) is 6. The maximum atomic E-state index is 11.7. The molecule has 1 fully saturated rings.